The molecule has 0 aliphatic heterocycles. The molecule has 1 aromatic carbocycles. The van der Waals surface area contributed by atoms with E-state index in [0.29, 0.717) is 35.1 Å². The Hall–Kier alpha value is -3.46. The molecule has 0 spiro atoms. The Morgan fingerprint density at radius 2 is 2.15 bits per heavy atom. The van der Waals surface area contributed by atoms with Crippen LogP contribution in [-0.2, 0) is 13.2 Å². The Labute approximate surface area is 146 Å². The summed E-state index contributed by atoms with van der Waals surface area (Å²) in [7, 11) is 0. The third kappa shape index (κ3) is 3.07. The monoisotopic (exact) mass is 355 g/mol. The Morgan fingerprint density at radius 1 is 1.23 bits per heavy atom. The molecule has 0 fully saturated rings. The van der Waals surface area contributed by atoms with Crippen molar-refractivity contribution in [3.63, 3.8) is 0 Å². The number of aliphatic hydroxyl groups excluding tert-OH is 1. The molecule has 0 atom stereocenters. The molecule has 0 unspecified atom stereocenters. The van der Waals surface area contributed by atoms with E-state index in [9.17, 15) is 9.50 Å². The molecule has 0 aliphatic rings. The van der Waals surface area contributed by atoms with Crippen molar-refractivity contribution in [1.29, 1.82) is 0 Å². The van der Waals surface area contributed by atoms with Gasteiger partial charge in [0.15, 0.2) is 11.6 Å². The van der Waals surface area contributed by atoms with Crippen LogP contribution in [0.2, 0.25) is 0 Å². The van der Waals surface area contributed by atoms with Crippen molar-refractivity contribution in [2.24, 2.45) is 0 Å². The van der Waals surface area contributed by atoms with Crippen molar-refractivity contribution >= 4 is 5.82 Å². The first-order valence-corrected chi connectivity index (χ1v) is 7.77. The van der Waals surface area contributed by atoms with Crippen LogP contribution in [-0.4, -0.2) is 25.0 Å². The maximum absolute atomic E-state index is 14.5. The van der Waals surface area contributed by atoms with Crippen molar-refractivity contribution in [3.8, 4) is 16.9 Å². The van der Waals surface area contributed by atoms with E-state index in [1.165, 1.54) is 23.2 Å². The SMILES string of the molecule is OCc1cn(-c2c(F)cccc2-c2cc(CNc3ccon3)on2)cn1. The van der Waals surface area contributed by atoms with Crippen LogP contribution in [0.1, 0.15) is 11.5 Å². The second-order valence-electron chi connectivity index (χ2n) is 5.48. The average Bonchev–Trinajstić information content (AvgIpc) is 3.40. The Bertz CT molecular complexity index is 1010. The van der Waals surface area contributed by atoms with Crippen LogP contribution >= 0.6 is 0 Å². The van der Waals surface area contributed by atoms with Crippen LogP contribution in [0.4, 0.5) is 10.2 Å². The van der Waals surface area contributed by atoms with Gasteiger partial charge in [0.2, 0.25) is 0 Å². The second-order valence-corrected chi connectivity index (χ2v) is 5.48. The predicted octanol–water partition coefficient (Wildman–Crippen LogP) is 2.76. The summed E-state index contributed by atoms with van der Waals surface area (Å²) in [6, 6.07) is 8.09. The number of nitrogens with one attached hydrogen (secondary N) is 1. The molecule has 0 amide bonds. The van der Waals surface area contributed by atoms with Gasteiger partial charge in [-0.3, -0.25) is 0 Å². The molecule has 9 heteroatoms. The van der Waals surface area contributed by atoms with E-state index in [1.807, 2.05) is 0 Å². The van der Waals surface area contributed by atoms with Crippen LogP contribution in [0.3, 0.4) is 0 Å². The third-order valence-electron chi connectivity index (χ3n) is 3.76. The van der Waals surface area contributed by atoms with E-state index in [4.69, 9.17) is 9.05 Å². The first-order chi connectivity index (χ1) is 12.7. The van der Waals surface area contributed by atoms with Gasteiger partial charge in [-0.15, -0.1) is 0 Å². The number of halogens is 1. The zero-order valence-corrected chi connectivity index (χ0v) is 13.5. The number of aliphatic hydroxyl groups is 1. The number of benzene rings is 1. The van der Waals surface area contributed by atoms with Crippen LogP contribution in [0, 0.1) is 5.82 Å². The second kappa shape index (κ2) is 6.81. The number of para-hydroxylation sites is 1. The van der Waals surface area contributed by atoms with Crippen LogP contribution in [0.5, 0.6) is 0 Å². The van der Waals surface area contributed by atoms with Gasteiger partial charge in [0, 0.05) is 23.9 Å². The maximum Gasteiger partial charge on any atom is 0.169 e. The van der Waals surface area contributed by atoms with Gasteiger partial charge >= 0.3 is 0 Å². The highest BCUT2D eigenvalue weighted by atomic mass is 19.1. The molecule has 3 heterocycles. The number of imidazole rings is 1. The molecule has 3 aromatic heterocycles. The first kappa shape index (κ1) is 16.0. The molecule has 4 rings (SSSR count). The summed E-state index contributed by atoms with van der Waals surface area (Å²) in [6.45, 7) is 0.128. The van der Waals surface area contributed by atoms with Crippen molar-refractivity contribution < 1.29 is 18.5 Å². The highest BCUT2D eigenvalue weighted by molar-refractivity contribution is 5.70. The lowest BCUT2D eigenvalue weighted by Gasteiger charge is -2.08. The summed E-state index contributed by atoms with van der Waals surface area (Å²) < 4.78 is 26.0. The molecule has 132 valence electrons. The summed E-state index contributed by atoms with van der Waals surface area (Å²) in [6.07, 6.45) is 4.47. The number of nitrogens with zero attached hydrogens (tertiary/aromatic N) is 4. The number of rotatable bonds is 6. The highest BCUT2D eigenvalue weighted by Gasteiger charge is 2.16. The standard InChI is InChI=1S/C17H14FN5O3/c18-14-3-1-2-13(17(14)23-8-11(9-24)20-10-23)15-6-12(26-21-15)7-19-16-4-5-25-22-16/h1-6,8,10,24H,7,9H2,(H,19,22). The predicted molar refractivity (Wildman–Crippen MR) is 88.8 cm³/mol. The summed E-state index contributed by atoms with van der Waals surface area (Å²) in [5, 5.41) is 20.0. The minimum Gasteiger partial charge on any atom is -0.390 e. The van der Waals surface area contributed by atoms with Gasteiger partial charge in [-0.05, 0) is 6.07 Å². The van der Waals surface area contributed by atoms with Gasteiger partial charge in [0.1, 0.15) is 17.8 Å². The summed E-state index contributed by atoms with van der Waals surface area (Å²) in [5.74, 6) is 0.693. The minimum atomic E-state index is -0.435. The highest BCUT2D eigenvalue weighted by Crippen LogP contribution is 2.29. The fourth-order valence-corrected chi connectivity index (χ4v) is 2.56. The van der Waals surface area contributed by atoms with Crippen LogP contribution in [0.25, 0.3) is 16.9 Å². The number of aromatic nitrogens is 4. The van der Waals surface area contributed by atoms with E-state index in [0.717, 1.165) is 0 Å². The van der Waals surface area contributed by atoms with Gasteiger partial charge in [-0.1, -0.05) is 22.4 Å². The molecular weight excluding hydrogens is 341 g/mol. The molecule has 0 saturated heterocycles. The quantitative estimate of drug-likeness (QED) is 0.548. The first-order valence-electron chi connectivity index (χ1n) is 7.77. The molecule has 4 aromatic rings. The normalized spacial score (nSPS) is 11.0. The maximum atomic E-state index is 14.5. The topological polar surface area (TPSA) is 102 Å². The molecule has 2 N–H and O–H groups in total. The molecule has 0 radical (unpaired) electrons. The molecule has 0 saturated carbocycles. The fraction of sp³-hybridized carbons (Fsp3) is 0.118. The smallest absolute Gasteiger partial charge is 0.169 e. The van der Waals surface area contributed by atoms with Gasteiger partial charge < -0.3 is 24.0 Å². The van der Waals surface area contributed by atoms with E-state index < -0.39 is 5.82 Å². The van der Waals surface area contributed by atoms with E-state index in [1.54, 1.807) is 30.5 Å². The van der Waals surface area contributed by atoms with Crippen molar-refractivity contribution in [3.05, 3.63) is 66.4 Å². The number of anilines is 1. The molecule has 8 nitrogen and oxygen atoms in total. The van der Waals surface area contributed by atoms with Gasteiger partial charge in [0.25, 0.3) is 0 Å². The Morgan fingerprint density at radius 3 is 2.92 bits per heavy atom. The zero-order valence-electron chi connectivity index (χ0n) is 13.5. The van der Waals surface area contributed by atoms with Crippen LogP contribution in [0.15, 0.2) is 58.2 Å². The lowest BCUT2D eigenvalue weighted by Crippen LogP contribution is -1.99. The summed E-state index contributed by atoms with van der Waals surface area (Å²) in [4.78, 5) is 4.03. The number of hydrogen-bond donors (Lipinski definition) is 2. The van der Waals surface area contributed by atoms with E-state index in [2.05, 4.69) is 20.6 Å². The van der Waals surface area contributed by atoms with Crippen molar-refractivity contribution in [1.82, 2.24) is 19.9 Å². The fourth-order valence-electron chi connectivity index (χ4n) is 2.56. The lowest BCUT2D eigenvalue weighted by atomic mass is 10.1. The number of hydrogen-bond acceptors (Lipinski definition) is 7. The van der Waals surface area contributed by atoms with Crippen LogP contribution < -0.4 is 5.32 Å². The molecule has 0 bridgehead atoms. The average molecular weight is 355 g/mol. The minimum absolute atomic E-state index is 0.224. The summed E-state index contributed by atoms with van der Waals surface area (Å²) >= 11 is 0. The van der Waals surface area contributed by atoms with E-state index >= 15 is 0 Å². The third-order valence-corrected chi connectivity index (χ3v) is 3.76. The zero-order chi connectivity index (χ0) is 17.9. The van der Waals surface area contributed by atoms with Crippen molar-refractivity contribution in [2.45, 2.75) is 13.2 Å². The van der Waals surface area contributed by atoms with Gasteiger partial charge in [-0.25, -0.2) is 9.37 Å². The Balaban J connectivity index is 1.64. The van der Waals surface area contributed by atoms with Gasteiger partial charge in [0.05, 0.1) is 30.9 Å². The van der Waals surface area contributed by atoms with E-state index in [-0.39, 0.29) is 12.3 Å². The summed E-state index contributed by atoms with van der Waals surface area (Å²) in [5.41, 5.74) is 1.75. The molecule has 0 aliphatic carbocycles. The molecule has 26 heavy (non-hydrogen) atoms. The van der Waals surface area contributed by atoms with Gasteiger partial charge in [-0.2, -0.15) is 0 Å². The lowest BCUT2D eigenvalue weighted by molar-refractivity contribution is 0.277. The Kier molecular flexibility index (Phi) is 4.20. The largest absolute Gasteiger partial charge is 0.390 e. The molecular formula is C17H14FN5O3. The van der Waals surface area contributed by atoms with Crippen molar-refractivity contribution in [2.75, 3.05) is 5.32 Å².